The van der Waals surface area contributed by atoms with Crippen LogP contribution in [0.2, 0.25) is 0 Å². The minimum Gasteiger partial charge on any atom is -0.381 e. The Morgan fingerprint density at radius 1 is 1.10 bits per heavy atom. The fourth-order valence-electron chi connectivity index (χ4n) is 4.33. The Morgan fingerprint density at radius 3 is 2.48 bits per heavy atom. The van der Waals surface area contributed by atoms with E-state index in [4.69, 9.17) is 4.74 Å². The normalized spacial score (nSPS) is 25.0. The molecule has 0 saturated carbocycles. The molecule has 2 aromatic carbocycles. The molecule has 1 amide bonds. The van der Waals surface area contributed by atoms with Gasteiger partial charge in [0.25, 0.3) is 0 Å². The SMILES string of the molecule is C[C@@H](c1ccccc1)N(CC1NC(=O)C2COCCC2N1)S(=O)(=O)Cc1ccccc1. The van der Waals surface area contributed by atoms with Crippen LogP contribution in [0.25, 0.3) is 0 Å². The van der Waals surface area contributed by atoms with Crippen LogP contribution in [0.3, 0.4) is 0 Å². The highest BCUT2D eigenvalue weighted by molar-refractivity contribution is 7.88. The van der Waals surface area contributed by atoms with E-state index in [0.29, 0.717) is 13.2 Å². The second-order valence-electron chi connectivity index (χ2n) is 8.20. The lowest BCUT2D eigenvalue weighted by Gasteiger charge is -2.42. The predicted molar refractivity (Wildman–Crippen MR) is 118 cm³/mol. The molecule has 8 heteroatoms. The van der Waals surface area contributed by atoms with Crippen molar-refractivity contribution >= 4 is 15.9 Å². The Bertz CT molecular complexity index is 984. The number of carbonyl (C=O) groups excluding carboxylic acids is 1. The van der Waals surface area contributed by atoms with Crippen molar-refractivity contribution in [1.29, 1.82) is 0 Å². The van der Waals surface area contributed by atoms with Gasteiger partial charge in [-0.05, 0) is 24.5 Å². The fourth-order valence-corrected chi connectivity index (χ4v) is 6.09. The number of rotatable bonds is 7. The summed E-state index contributed by atoms with van der Waals surface area (Å²) in [5.41, 5.74) is 1.64. The first-order valence-corrected chi connectivity index (χ1v) is 12.3. The number of carbonyl (C=O) groups is 1. The highest BCUT2D eigenvalue weighted by Gasteiger charge is 2.40. The number of hydrogen-bond donors (Lipinski definition) is 2. The van der Waals surface area contributed by atoms with Crippen molar-refractivity contribution in [3.63, 3.8) is 0 Å². The van der Waals surface area contributed by atoms with E-state index in [-0.39, 0.29) is 36.2 Å². The second-order valence-corrected chi connectivity index (χ2v) is 10.1. The van der Waals surface area contributed by atoms with Crippen molar-refractivity contribution in [2.24, 2.45) is 5.92 Å². The minimum atomic E-state index is -3.65. The van der Waals surface area contributed by atoms with Gasteiger partial charge in [-0.1, -0.05) is 60.7 Å². The van der Waals surface area contributed by atoms with Gasteiger partial charge in [-0.3, -0.25) is 10.1 Å². The summed E-state index contributed by atoms with van der Waals surface area (Å²) in [5, 5.41) is 6.39. The van der Waals surface area contributed by atoms with E-state index in [9.17, 15) is 13.2 Å². The van der Waals surface area contributed by atoms with Crippen LogP contribution < -0.4 is 10.6 Å². The van der Waals surface area contributed by atoms with Crippen LogP contribution in [0, 0.1) is 5.92 Å². The summed E-state index contributed by atoms with van der Waals surface area (Å²) in [7, 11) is -3.65. The van der Waals surface area contributed by atoms with Crippen molar-refractivity contribution < 1.29 is 17.9 Å². The summed E-state index contributed by atoms with van der Waals surface area (Å²) in [5.74, 6) is -0.405. The first-order valence-electron chi connectivity index (χ1n) is 10.7. The van der Waals surface area contributed by atoms with Gasteiger partial charge in [-0.15, -0.1) is 0 Å². The van der Waals surface area contributed by atoms with Crippen molar-refractivity contribution in [3.8, 4) is 0 Å². The average Bonchev–Trinajstić information content (AvgIpc) is 2.78. The molecule has 2 aliphatic heterocycles. The van der Waals surface area contributed by atoms with Crippen LogP contribution in [0.1, 0.15) is 30.5 Å². The first-order chi connectivity index (χ1) is 14.9. The zero-order valence-corrected chi connectivity index (χ0v) is 18.4. The molecule has 4 atom stereocenters. The lowest BCUT2D eigenvalue weighted by molar-refractivity contribution is -0.135. The van der Waals surface area contributed by atoms with Gasteiger partial charge in [0.1, 0.15) is 0 Å². The molecule has 31 heavy (non-hydrogen) atoms. The maximum atomic E-state index is 13.5. The monoisotopic (exact) mass is 443 g/mol. The molecular weight excluding hydrogens is 414 g/mol. The highest BCUT2D eigenvalue weighted by atomic mass is 32.2. The number of hydrogen-bond acceptors (Lipinski definition) is 5. The number of benzene rings is 2. The van der Waals surface area contributed by atoms with Gasteiger partial charge in [0.15, 0.2) is 0 Å². The van der Waals surface area contributed by atoms with E-state index in [1.807, 2.05) is 67.6 Å². The van der Waals surface area contributed by atoms with Gasteiger partial charge in [-0.25, -0.2) is 8.42 Å². The molecule has 2 fully saturated rings. The number of nitrogens with zero attached hydrogens (tertiary/aromatic N) is 1. The summed E-state index contributed by atoms with van der Waals surface area (Å²) in [6.45, 7) is 3.04. The van der Waals surface area contributed by atoms with E-state index in [1.165, 1.54) is 4.31 Å². The number of sulfonamides is 1. The van der Waals surface area contributed by atoms with Gasteiger partial charge in [-0.2, -0.15) is 4.31 Å². The van der Waals surface area contributed by atoms with Gasteiger partial charge in [0.2, 0.25) is 15.9 Å². The molecule has 2 aliphatic rings. The molecule has 4 rings (SSSR count). The van der Waals surface area contributed by atoms with E-state index in [0.717, 1.165) is 17.5 Å². The molecular formula is C23H29N3O4S. The molecule has 2 N–H and O–H groups in total. The molecule has 0 aliphatic carbocycles. The third-order valence-electron chi connectivity index (χ3n) is 6.05. The van der Waals surface area contributed by atoms with E-state index in [1.54, 1.807) is 0 Å². The Morgan fingerprint density at radius 2 is 1.77 bits per heavy atom. The summed E-state index contributed by atoms with van der Waals surface area (Å²) in [4.78, 5) is 12.6. The standard InChI is InChI=1S/C23H29N3O4S/c1-17(19-10-6-3-7-11-19)26(31(28,29)16-18-8-4-2-5-9-18)14-22-24-21-12-13-30-15-20(21)23(27)25-22/h2-11,17,20-22,24H,12-16H2,1H3,(H,25,27)/t17-,20?,21?,22?/m0/s1. The summed E-state index contributed by atoms with van der Waals surface area (Å²) >= 11 is 0. The third kappa shape index (κ3) is 5.15. The van der Waals surface area contributed by atoms with Gasteiger partial charge in [0.05, 0.1) is 24.4 Å². The second kappa shape index (κ2) is 9.48. The number of amides is 1. The Labute approximate surface area is 183 Å². The molecule has 2 heterocycles. The Kier molecular flexibility index (Phi) is 6.71. The molecule has 0 bridgehead atoms. The summed E-state index contributed by atoms with van der Waals surface area (Å²) < 4.78 is 34.0. The fraction of sp³-hybridized carbons (Fsp3) is 0.435. The van der Waals surface area contributed by atoms with Crippen LogP contribution in [0.5, 0.6) is 0 Å². The molecule has 0 radical (unpaired) electrons. The van der Waals surface area contributed by atoms with E-state index >= 15 is 0 Å². The number of fused-ring (bicyclic) bond motifs is 1. The lowest BCUT2D eigenvalue weighted by Crippen LogP contribution is -2.66. The average molecular weight is 444 g/mol. The molecule has 0 spiro atoms. The van der Waals surface area contributed by atoms with E-state index in [2.05, 4.69) is 10.6 Å². The summed E-state index contributed by atoms with van der Waals surface area (Å²) in [6, 6.07) is 18.4. The topological polar surface area (TPSA) is 87.7 Å². The molecule has 166 valence electrons. The quantitative estimate of drug-likeness (QED) is 0.684. The smallest absolute Gasteiger partial charge is 0.228 e. The van der Waals surface area contributed by atoms with Gasteiger partial charge < -0.3 is 10.1 Å². The molecule has 7 nitrogen and oxygen atoms in total. The van der Waals surface area contributed by atoms with Crippen molar-refractivity contribution in [1.82, 2.24) is 14.9 Å². The van der Waals surface area contributed by atoms with Crippen LogP contribution in [0.15, 0.2) is 60.7 Å². The maximum absolute atomic E-state index is 13.5. The van der Waals surface area contributed by atoms with Crippen molar-refractivity contribution in [2.45, 2.75) is 37.3 Å². The first kappa shape index (κ1) is 22.0. The molecule has 0 aromatic heterocycles. The van der Waals surface area contributed by atoms with Crippen LogP contribution in [0.4, 0.5) is 0 Å². The Balaban J connectivity index is 1.58. The minimum absolute atomic E-state index is 0.00166. The van der Waals surface area contributed by atoms with Crippen molar-refractivity contribution in [2.75, 3.05) is 19.8 Å². The van der Waals surface area contributed by atoms with Crippen LogP contribution in [-0.2, 0) is 25.3 Å². The Hall–Kier alpha value is -2.26. The molecule has 3 unspecified atom stereocenters. The van der Waals surface area contributed by atoms with Gasteiger partial charge >= 0.3 is 0 Å². The van der Waals surface area contributed by atoms with Gasteiger partial charge in [0, 0.05) is 25.2 Å². The number of ether oxygens (including phenoxy) is 1. The lowest BCUT2D eigenvalue weighted by atomic mass is 9.92. The van der Waals surface area contributed by atoms with E-state index < -0.39 is 16.2 Å². The van der Waals surface area contributed by atoms with Crippen LogP contribution >= 0.6 is 0 Å². The van der Waals surface area contributed by atoms with Crippen LogP contribution in [-0.4, -0.2) is 50.6 Å². The zero-order chi connectivity index (χ0) is 21.8. The zero-order valence-electron chi connectivity index (χ0n) is 17.6. The maximum Gasteiger partial charge on any atom is 0.228 e. The predicted octanol–water partition coefficient (Wildman–Crippen LogP) is 2.03. The highest BCUT2D eigenvalue weighted by Crippen LogP contribution is 2.27. The summed E-state index contributed by atoms with van der Waals surface area (Å²) in [6.07, 6.45) is 0.281. The molecule has 2 aromatic rings. The molecule has 2 saturated heterocycles. The third-order valence-corrected chi connectivity index (χ3v) is 7.93. The van der Waals surface area contributed by atoms with Crippen molar-refractivity contribution in [3.05, 3.63) is 71.8 Å². The number of nitrogens with one attached hydrogen (secondary N) is 2. The largest absolute Gasteiger partial charge is 0.381 e.